The number of nitrogens with zero attached hydrogens (tertiary/aromatic N) is 3. The van der Waals surface area contributed by atoms with Gasteiger partial charge in [-0.25, -0.2) is 0 Å². The first kappa shape index (κ1) is 21.1. The fraction of sp³-hybridized carbons (Fsp3) is 0.292. The number of amides is 1. The van der Waals surface area contributed by atoms with E-state index < -0.39 is 0 Å². The first-order valence-electron chi connectivity index (χ1n) is 10.5. The maximum absolute atomic E-state index is 12.9. The lowest BCUT2D eigenvalue weighted by Gasteiger charge is -2.27. The molecule has 1 saturated heterocycles. The molecule has 1 amide bonds. The number of aryl methyl sites for hydroxylation is 1. The van der Waals surface area contributed by atoms with Crippen LogP contribution in [-0.4, -0.2) is 32.0 Å². The number of rotatable bonds is 6. The van der Waals surface area contributed by atoms with Crippen LogP contribution in [0.15, 0.2) is 60.8 Å². The molecule has 31 heavy (non-hydrogen) atoms. The minimum atomic E-state index is -0.135. The molecule has 0 radical (unpaired) electrons. The van der Waals surface area contributed by atoms with Crippen molar-refractivity contribution in [3.63, 3.8) is 0 Å². The highest BCUT2D eigenvalue weighted by atomic mass is 32.1. The Balaban J connectivity index is 1.69. The monoisotopic (exact) mass is 433 g/mol. The number of benzene rings is 1. The number of carbonyl (C=O) groups is 1. The number of para-hydroxylation sites is 1. The molecule has 0 spiro atoms. The van der Waals surface area contributed by atoms with E-state index in [1.165, 1.54) is 11.4 Å². The molecule has 0 aliphatic carbocycles. The van der Waals surface area contributed by atoms with Gasteiger partial charge in [0.2, 0.25) is 5.91 Å². The maximum Gasteiger partial charge on any atom is 0.244 e. The van der Waals surface area contributed by atoms with Gasteiger partial charge in [0.1, 0.15) is 6.54 Å². The molecule has 0 bridgehead atoms. The van der Waals surface area contributed by atoms with Crippen molar-refractivity contribution in [3.8, 4) is 0 Å². The molecule has 3 aromatic rings. The van der Waals surface area contributed by atoms with Crippen LogP contribution < -0.4 is 10.6 Å². The maximum atomic E-state index is 12.9. The Morgan fingerprint density at radius 2 is 1.90 bits per heavy atom. The van der Waals surface area contributed by atoms with E-state index in [0.717, 1.165) is 23.5 Å². The lowest BCUT2D eigenvalue weighted by atomic mass is 9.97. The van der Waals surface area contributed by atoms with E-state index in [-0.39, 0.29) is 24.5 Å². The number of anilines is 1. The van der Waals surface area contributed by atoms with Crippen LogP contribution in [0.2, 0.25) is 0 Å². The van der Waals surface area contributed by atoms with Gasteiger partial charge in [0.25, 0.3) is 0 Å². The molecule has 1 aliphatic rings. The second kappa shape index (κ2) is 8.89. The molecule has 4 rings (SSSR count). The van der Waals surface area contributed by atoms with Crippen LogP contribution in [-0.2, 0) is 11.3 Å². The summed E-state index contributed by atoms with van der Waals surface area (Å²) in [7, 11) is 0. The molecular formula is C24H27N5OS. The number of hydrogen-bond acceptors (Lipinski definition) is 3. The first-order chi connectivity index (χ1) is 15.0. The topological polar surface area (TPSA) is 62.2 Å². The predicted molar refractivity (Wildman–Crippen MR) is 127 cm³/mol. The molecule has 2 N–H and O–H groups in total. The number of carbonyl (C=O) groups excluding carboxylic acids is 1. The van der Waals surface area contributed by atoms with E-state index in [1.54, 1.807) is 6.20 Å². The average Bonchev–Trinajstić information content (AvgIpc) is 3.24. The van der Waals surface area contributed by atoms with Crippen molar-refractivity contribution in [3.05, 3.63) is 83.4 Å². The van der Waals surface area contributed by atoms with Crippen molar-refractivity contribution >= 4 is 28.9 Å². The Hall–Kier alpha value is -3.19. The van der Waals surface area contributed by atoms with Crippen LogP contribution >= 0.6 is 12.2 Å². The Labute approximate surface area is 188 Å². The molecule has 3 heterocycles. The van der Waals surface area contributed by atoms with Crippen molar-refractivity contribution < 1.29 is 4.79 Å². The minimum Gasteiger partial charge on any atom is -0.352 e. The van der Waals surface area contributed by atoms with Crippen molar-refractivity contribution in [2.75, 3.05) is 11.9 Å². The molecule has 7 heteroatoms. The van der Waals surface area contributed by atoms with Gasteiger partial charge in [-0.1, -0.05) is 24.3 Å². The highest BCUT2D eigenvalue weighted by Gasteiger charge is 2.42. The van der Waals surface area contributed by atoms with Gasteiger partial charge in [-0.3, -0.25) is 9.78 Å². The van der Waals surface area contributed by atoms with Crippen LogP contribution in [0.1, 0.15) is 41.7 Å². The summed E-state index contributed by atoms with van der Waals surface area (Å²) < 4.78 is 2.29. The van der Waals surface area contributed by atoms with Crippen LogP contribution in [0.3, 0.4) is 0 Å². The van der Waals surface area contributed by atoms with Crippen LogP contribution in [0.5, 0.6) is 0 Å². The van der Waals surface area contributed by atoms with Gasteiger partial charge < -0.3 is 20.1 Å². The van der Waals surface area contributed by atoms with E-state index in [0.29, 0.717) is 5.11 Å². The standard InChI is InChI=1S/C24H27N5OS/c1-4-28-16(2)14-19(17(28)3)23-22(20-12-8-9-13-25-20)27-24(31)29(23)15-21(30)26-18-10-6-5-7-11-18/h5-14,22-23H,4,15H2,1-3H3,(H,26,30)(H,27,31)/t22-,23-/m1/s1. The minimum absolute atomic E-state index is 0.105. The molecule has 1 fully saturated rings. The molecule has 2 atom stereocenters. The Morgan fingerprint density at radius 1 is 1.16 bits per heavy atom. The normalized spacial score (nSPS) is 18.2. The van der Waals surface area contributed by atoms with E-state index in [4.69, 9.17) is 12.2 Å². The second-order valence-electron chi connectivity index (χ2n) is 7.74. The highest BCUT2D eigenvalue weighted by molar-refractivity contribution is 7.80. The zero-order valence-corrected chi connectivity index (χ0v) is 18.8. The van der Waals surface area contributed by atoms with Gasteiger partial charge in [-0.2, -0.15) is 0 Å². The number of hydrogen-bond donors (Lipinski definition) is 2. The fourth-order valence-electron chi connectivity index (χ4n) is 4.40. The fourth-order valence-corrected chi connectivity index (χ4v) is 4.71. The van der Waals surface area contributed by atoms with E-state index >= 15 is 0 Å². The lowest BCUT2D eigenvalue weighted by molar-refractivity contribution is -0.116. The van der Waals surface area contributed by atoms with Crippen molar-refractivity contribution in [1.82, 2.24) is 19.8 Å². The third-order valence-electron chi connectivity index (χ3n) is 5.82. The first-order valence-corrected chi connectivity index (χ1v) is 10.9. The lowest BCUT2D eigenvalue weighted by Crippen LogP contribution is -2.37. The molecule has 160 valence electrons. The quantitative estimate of drug-likeness (QED) is 0.573. The summed E-state index contributed by atoms with van der Waals surface area (Å²) in [4.78, 5) is 19.4. The smallest absolute Gasteiger partial charge is 0.244 e. The summed E-state index contributed by atoms with van der Waals surface area (Å²) in [6, 6.07) is 17.3. The molecular weight excluding hydrogens is 406 g/mol. The zero-order valence-electron chi connectivity index (χ0n) is 18.0. The molecule has 1 aromatic carbocycles. The summed E-state index contributed by atoms with van der Waals surface area (Å²) >= 11 is 5.69. The van der Waals surface area contributed by atoms with Gasteiger partial charge in [0.05, 0.1) is 17.8 Å². The summed E-state index contributed by atoms with van der Waals surface area (Å²) in [5, 5.41) is 6.95. The SMILES string of the molecule is CCn1c(C)cc([C@@H]2[C@@H](c3ccccn3)NC(=S)N2CC(=O)Nc2ccccc2)c1C. The van der Waals surface area contributed by atoms with Crippen molar-refractivity contribution in [2.24, 2.45) is 0 Å². The van der Waals surface area contributed by atoms with Crippen LogP contribution in [0, 0.1) is 13.8 Å². The zero-order chi connectivity index (χ0) is 22.0. The summed E-state index contributed by atoms with van der Waals surface area (Å²) in [5.41, 5.74) is 5.22. The van der Waals surface area contributed by atoms with Gasteiger partial charge in [-0.05, 0) is 68.9 Å². The third-order valence-corrected chi connectivity index (χ3v) is 6.17. The summed E-state index contributed by atoms with van der Waals surface area (Å²) in [6.07, 6.45) is 1.79. The molecule has 0 unspecified atom stereocenters. The summed E-state index contributed by atoms with van der Waals surface area (Å²) in [5.74, 6) is -0.105. The molecule has 6 nitrogen and oxygen atoms in total. The van der Waals surface area contributed by atoms with Gasteiger partial charge >= 0.3 is 0 Å². The molecule has 2 aromatic heterocycles. The molecule has 1 aliphatic heterocycles. The van der Waals surface area contributed by atoms with Crippen LogP contribution in [0.4, 0.5) is 5.69 Å². The van der Waals surface area contributed by atoms with Gasteiger partial charge in [0, 0.05) is 29.8 Å². The van der Waals surface area contributed by atoms with Crippen LogP contribution in [0.25, 0.3) is 0 Å². The Kier molecular flexibility index (Phi) is 6.04. The Morgan fingerprint density at radius 3 is 2.55 bits per heavy atom. The number of nitrogens with one attached hydrogen (secondary N) is 2. The predicted octanol–water partition coefficient (Wildman–Crippen LogP) is 4.13. The van der Waals surface area contributed by atoms with Gasteiger partial charge in [0.15, 0.2) is 5.11 Å². The van der Waals surface area contributed by atoms with E-state index in [9.17, 15) is 4.79 Å². The van der Waals surface area contributed by atoms with Crippen molar-refractivity contribution in [1.29, 1.82) is 0 Å². The number of aromatic nitrogens is 2. The van der Waals surface area contributed by atoms with E-state index in [1.807, 2.05) is 53.4 Å². The van der Waals surface area contributed by atoms with Crippen molar-refractivity contribution in [2.45, 2.75) is 39.4 Å². The number of thiocarbonyl (C=S) groups is 1. The second-order valence-corrected chi connectivity index (χ2v) is 8.13. The average molecular weight is 434 g/mol. The Bertz CT molecular complexity index is 1080. The highest BCUT2D eigenvalue weighted by Crippen LogP contribution is 2.40. The molecule has 0 saturated carbocycles. The summed E-state index contributed by atoms with van der Waals surface area (Å²) in [6.45, 7) is 7.44. The van der Waals surface area contributed by atoms with Gasteiger partial charge in [-0.15, -0.1) is 0 Å². The largest absolute Gasteiger partial charge is 0.352 e. The van der Waals surface area contributed by atoms with E-state index in [2.05, 4.69) is 47.0 Å². The number of pyridine rings is 1. The third kappa shape index (κ3) is 4.18.